The van der Waals surface area contributed by atoms with Crippen LogP contribution >= 0.6 is 0 Å². The molecule has 0 saturated carbocycles. The van der Waals surface area contributed by atoms with E-state index < -0.39 is 0 Å². The molecule has 21 heavy (non-hydrogen) atoms. The number of rotatable bonds is 10. The zero-order valence-corrected chi connectivity index (χ0v) is 14.4. The summed E-state index contributed by atoms with van der Waals surface area (Å²) >= 11 is 0. The van der Waals surface area contributed by atoms with Gasteiger partial charge < -0.3 is 15.0 Å². The first-order valence-corrected chi connectivity index (χ1v) is 8.18. The number of likely N-dealkylation sites (N-methyl/N-ethyl adjacent to an activating group) is 1. The first kappa shape index (κ1) is 18.0. The van der Waals surface area contributed by atoms with Crippen molar-refractivity contribution in [1.82, 2.24) is 10.2 Å². The molecule has 1 N–H and O–H groups in total. The molecule has 0 aromatic heterocycles. The summed E-state index contributed by atoms with van der Waals surface area (Å²) in [5.74, 6) is 0.958. The van der Waals surface area contributed by atoms with E-state index in [0.29, 0.717) is 12.1 Å². The minimum absolute atomic E-state index is 0.515. The molecule has 1 atom stereocenters. The van der Waals surface area contributed by atoms with Crippen LogP contribution in [0.5, 0.6) is 5.75 Å². The maximum atomic E-state index is 5.82. The van der Waals surface area contributed by atoms with Gasteiger partial charge in [-0.1, -0.05) is 39.3 Å². The summed E-state index contributed by atoms with van der Waals surface area (Å²) in [5, 5.41) is 3.42. The molecule has 1 rings (SSSR count). The van der Waals surface area contributed by atoms with Crippen LogP contribution in [0.3, 0.4) is 0 Å². The van der Waals surface area contributed by atoms with Gasteiger partial charge in [-0.3, -0.25) is 0 Å². The molecule has 0 aliphatic rings. The SMILES string of the molecule is CCCC(C)N(C)CCOc1ccc(CNC(C)C)cc1. The van der Waals surface area contributed by atoms with Gasteiger partial charge in [-0.2, -0.15) is 0 Å². The van der Waals surface area contributed by atoms with E-state index >= 15 is 0 Å². The molecule has 0 spiro atoms. The van der Waals surface area contributed by atoms with Gasteiger partial charge >= 0.3 is 0 Å². The molecule has 0 heterocycles. The average molecular weight is 292 g/mol. The lowest BCUT2D eigenvalue weighted by molar-refractivity contribution is 0.193. The summed E-state index contributed by atoms with van der Waals surface area (Å²) in [6.07, 6.45) is 2.48. The van der Waals surface area contributed by atoms with Crippen molar-refractivity contribution in [2.45, 2.75) is 59.2 Å². The van der Waals surface area contributed by atoms with E-state index in [1.807, 2.05) is 0 Å². The molecule has 0 amide bonds. The van der Waals surface area contributed by atoms with E-state index in [1.165, 1.54) is 18.4 Å². The maximum absolute atomic E-state index is 5.82. The molecule has 0 saturated heterocycles. The lowest BCUT2D eigenvalue weighted by Crippen LogP contribution is -2.32. The van der Waals surface area contributed by atoms with Crippen molar-refractivity contribution in [3.63, 3.8) is 0 Å². The number of benzene rings is 1. The van der Waals surface area contributed by atoms with Crippen LogP contribution in [0.25, 0.3) is 0 Å². The monoisotopic (exact) mass is 292 g/mol. The van der Waals surface area contributed by atoms with Gasteiger partial charge in [0.2, 0.25) is 0 Å². The van der Waals surface area contributed by atoms with Crippen LogP contribution in [0.2, 0.25) is 0 Å². The third-order valence-corrected chi connectivity index (χ3v) is 3.81. The summed E-state index contributed by atoms with van der Waals surface area (Å²) in [6, 6.07) is 9.53. The van der Waals surface area contributed by atoms with Crippen molar-refractivity contribution in [1.29, 1.82) is 0 Å². The van der Waals surface area contributed by atoms with Gasteiger partial charge in [0.1, 0.15) is 12.4 Å². The summed E-state index contributed by atoms with van der Waals surface area (Å²) in [5.41, 5.74) is 1.30. The van der Waals surface area contributed by atoms with Crippen molar-refractivity contribution in [3.05, 3.63) is 29.8 Å². The van der Waals surface area contributed by atoms with Crippen molar-refractivity contribution in [3.8, 4) is 5.75 Å². The zero-order valence-electron chi connectivity index (χ0n) is 14.4. The van der Waals surface area contributed by atoms with Gasteiger partial charge in [0, 0.05) is 25.2 Å². The van der Waals surface area contributed by atoms with Crippen molar-refractivity contribution in [2.24, 2.45) is 0 Å². The fourth-order valence-electron chi connectivity index (χ4n) is 2.19. The number of ether oxygens (including phenoxy) is 1. The topological polar surface area (TPSA) is 24.5 Å². The lowest BCUT2D eigenvalue weighted by Gasteiger charge is -2.24. The van der Waals surface area contributed by atoms with Crippen LogP contribution in [0.1, 0.15) is 46.1 Å². The largest absolute Gasteiger partial charge is 0.492 e. The van der Waals surface area contributed by atoms with Gasteiger partial charge in [-0.05, 0) is 38.1 Å². The Labute approximate surface area is 130 Å². The van der Waals surface area contributed by atoms with Gasteiger partial charge in [0.15, 0.2) is 0 Å². The van der Waals surface area contributed by atoms with Gasteiger partial charge in [0.05, 0.1) is 0 Å². The lowest BCUT2D eigenvalue weighted by atomic mass is 10.2. The molecular weight excluding hydrogens is 260 g/mol. The maximum Gasteiger partial charge on any atom is 0.119 e. The molecular formula is C18H32N2O. The zero-order chi connectivity index (χ0) is 15.7. The standard InChI is InChI=1S/C18H32N2O/c1-6-7-16(4)20(5)12-13-21-18-10-8-17(9-11-18)14-19-15(2)3/h8-11,15-16,19H,6-7,12-14H2,1-5H3. The van der Waals surface area contributed by atoms with Crippen molar-refractivity contribution in [2.75, 3.05) is 20.2 Å². The smallest absolute Gasteiger partial charge is 0.119 e. The molecule has 0 aliphatic heterocycles. The van der Waals surface area contributed by atoms with Gasteiger partial charge in [-0.25, -0.2) is 0 Å². The molecule has 3 heteroatoms. The third kappa shape index (κ3) is 7.49. The second-order valence-corrected chi connectivity index (χ2v) is 6.15. The molecule has 0 bridgehead atoms. The van der Waals surface area contributed by atoms with E-state index in [9.17, 15) is 0 Å². The third-order valence-electron chi connectivity index (χ3n) is 3.81. The summed E-state index contributed by atoms with van der Waals surface area (Å²) in [4.78, 5) is 2.37. The first-order valence-electron chi connectivity index (χ1n) is 8.18. The van der Waals surface area contributed by atoms with E-state index in [-0.39, 0.29) is 0 Å². The Kier molecular flexibility index (Phi) is 8.40. The van der Waals surface area contributed by atoms with Gasteiger partial charge in [0.25, 0.3) is 0 Å². The van der Waals surface area contributed by atoms with Crippen molar-refractivity contribution >= 4 is 0 Å². The average Bonchev–Trinajstić information content (AvgIpc) is 2.46. The Morgan fingerprint density at radius 1 is 1.14 bits per heavy atom. The Morgan fingerprint density at radius 2 is 1.81 bits per heavy atom. The Hall–Kier alpha value is -1.06. The number of hydrogen-bond donors (Lipinski definition) is 1. The van der Waals surface area contributed by atoms with Crippen LogP contribution in [0.15, 0.2) is 24.3 Å². The molecule has 0 radical (unpaired) electrons. The molecule has 3 nitrogen and oxygen atoms in total. The molecule has 1 aromatic rings. The second kappa shape index (κ2) is 9.80. The highest BCUT2D eigenvalue weighted by Gasteiger charge is 2.07. The van der Waals surface area contributed by atoms with Crippen LogP contribution in [0.4, 0.5) is 0 Å². The predicted octanol–water partition coefficient (Wildman–Crippen LogP) is 3.68. The van der Waals surface area contributed by atoms with E-state index in [4.69, 9.17) is 4.74 Å². The number of nitrogens with one attached hydrogen (secondary N) is 1. The van der Waals surface area contributed by atoms with Gasteiger partial charge in [-0.15, -0.1) is 0 Å². The van der Waals surface area contributed by atoms with Crippen LogP contribution in [-0.2, 0) is 6.54 Å². The highest BCUT2D eigenvalue weighted by atomic mass is 16.5. The second-order valence-electron chi connectivity index (χ2n) is 6.15. The molecule has 1 unspecified atom stereocenters. The predicted molar refractivity (Wildman–Crippen MR) is 90.9 cm³/mol. The van der Waals surface area contributed by atoms with E-state index in [1.54, 1.807) is 0 Å². The Bertz CT molecular complexity index is 375. The van der Waals surface area contributed by atoms with E-state index in [2.05, 4.69) is 69.2 Å². The minimum Gasteiger partial charge on any atom is -0.492 e. The molecule has 0 fully saturated rings. The van der Waals surface area contributed by atoms with E-state index in [0.717, 1.165) is 25.4 Å². The minimum atomic E-state index is 0.515. The van der Waals surface area contributed by atoms with Crippen LogP contribution in [-0.4, -0.2) is 37.2 Å². The summed E-state index contributed by atoms with van der Waals surface area (Å²) in [7, 11) is 2.17. The Balaban J connectivity index is 2.29. The number of hydrogen-bond acceptors (Lipinski definition) is 3. The van der Waals surface area contributed by atoms with Crippen LogP contribution in [0, 0.1) is 0 Å². The highest BCUT2D eigenvalue weighted by Crippen LogP contribution is 2.12. The van der Waals surface area contributed by atoms with Crippen molar-refractivity contribution < 1.29 is 4.74 Å². The van der Waals surface area contributed by atoms with Crippen LogP contribution < -0.4 is 10.1 Å². The molecule has 120 valence electrons. The number of nitrogens with zero attached hydrogens (tertiary/aromatic N) is 1. The first-order chi connectivity index (χ1) is 10.0. The fraction of sp³-hybridized carbons (Fsp3) is 0.667. The summed E-state index contributed by atoms with van der Waals surface area (Å²) in [6.45, 7) is 11.5. The normalized spacial score (nSPS) is 12.9. The summed E-state index contributed by atoms with van der Waals surface area (Å²) < 4.78 is 5.82. The highest BCUT2D eigenvalue weighted by molar-refractivity contribution is 5.27. The molecule has 1 aromatic carbocycles. The quantitative estimate of drug-likeness (QED) is 0.712. The Morgan fingerprint density at radius 3 is 2.38 bits per heavy atom. The molecule has 0 aliphatic carbocycles. The fourth-order valence-corrected chi connectivity index (χ4v) is 2.19.